The molecule has 0 unspecified atom stereocenters. The summed E-state index contributed by atoms with van der Waals surface area (Å²) in [6, 6.07) is 21.9. The number of aryl methyl sites for hydroxylation is 1. The Labute approximate surface area is 199 Å². The molecule has 1 fully saturated rings. The number of nitrogens with zero attached hydrogens (tertiary/aromatic N) is 3. The highest BCUT2D eigenvalue weighted by atomic mass is 32.2. The zero-order valence-electron chi connectivity index (χ0n) is 19.0. The molecule has 0 spiro atoms. The number of rotatable bonds is 6. The van der Waals surface area contributed by atoms with Gasteiger partial charge >= 0.3 is 0 Å². The highest BCUT2D eigenvalue weighted by Crippen LogP contribution is 2.24. The summed E-state index contributed by atoms with van der Waals surface area (Å²) in [5.41, 5.74) is 2.21. The molecule has 0 aliphatic carbocycles. The van der Waals surface area contributed by atoms with E-state index in [1.807, 2.05) is 55.5 Å². The number of piperidine rings is 1. The molecule has 3 aromatic carbocycles. The van der Waals surface area contributed by atoms with Crippen molar-refractivity contribution in [1.29, 1.82) is 0 Å². The molecule has 1 saturated heterocycles. The number of hydrogen-bond donors (Lipinski definition) is 2. The van der Waals surface area contributed by atoms with Gasteiger partial charge in [-0.15, -0.1) is 0 Å². The summed E-state index contributed by atoms with van der Waals surface area (Å²) in [4.78, 5) is 11.8. The van der Waals surface area contributed by atoms with E-state index >= 15 is 0 Å². The van der Waals surface area contributed by atoms with Crippen LogP contribution in [-0.4, -0.2) is 31.5 Å². The van der Waals surface area contributed by atoms with Crippen molar-refractivity contribution in [1.82, 2.24) is 9.97 Å². The first-order valence-electron chi connectivity index (χ1n) is 11.5. The predicted octanol–water partition coefficient (Wildman–Crippen LogP) is 5.47. The average molecular weight is 474 g/mol. The van der Waals surface area contributed by atoms with E-state index in [2.05, 4.69) is 19.9 Å². The topological polar surface area (TPSA) is 87.2 Å². The molecule has 4 aromatic rings. The van der Waals surface area contributed by atoms with Crippen LogP contribution in [0.25, 0.3) is 10.8 Å². The molecule has 0 atom stereocenters. The zero-order valence-corrected chi connectivity index (χ0v) is 19.8. The van der Waals surface area contributed by atoms with Gasteiger partial charge in [-0.25, -0.2) is 13.4 Å². The highest BCUT2D eigenvalue weighted by molar-refractivity contribution is 7.92. The second-order valence-electron chi connectivity index (χ2n) is 8.56. The van der Waals surface area contributed by atoms with Crippen LogP contribution in [0, 0.1) is 6.92 Å². The highest BCUT2D eigenvalue weighted by Gasteiger charge is 2.16. The van der Waals surface area contributed by atoms with Gasteiger partial charge in [0.15, 0.2) is 0 Å². The lowest BCUT2D eigenvalue weighted by molar-refractivity contribution is 0.568. The van der Waals surface area contributed by atoms with Gasteiger partial charge in [0.1, 0.15) is 5.82 Å². The first-order valence-corrected chi connectivity index (χ1v) is 12.9. The third-order valence-corrected chi connectivity index (χ3v) is 7.30. The summed E-state index contributed by atoms with van der Waals surface area (Å²) < 4.78 is 28.5. The Morgan fingerprint density at radius 3 is 2.26 bits per heavy atom. The predicted molar refractivity (Wildman–Crippen MR) is 137 cm³/mol. The first-order chi connectivity index (χ1) is 16.5. The van der Waals surface area contributed by atoms with E-state index in [9.17, 15) is 8.42 Å². The normalized spacial score (nSPS) is 14.2. The maximum absolute atomic E-state index is 12.9. The van der Waals surface area contributed by atoms with E-state index < -0.39 is 10.0 Å². The number of fused-ring (bicyclic) bond motifs is 1. The lowest BCUT2D eigenvalue weighted by Crippen LogP contribution is -2.31. The van der Waals surface area contributed by atoms with Gasteiger partial charge in [-0.1, -0.05) is 30.3 Å². The summed E-state index contributed by atoms with van der Waals surface area (Å²) in [7, 11) is -3.70. The van der Waals surface area contributed by atoms with E-state index in [1.165, 1.54) is 6.42 Å². The molecule has 0 saturated carbocycles. The van der Waals surface area contributed by atoms with E-state index in [4.69, 9.17) is 4.98 Å². The third kappa shape index (κ3) is 4.97. The van der Waals surface area contributed by atoms with Crippen molar-refractivity contribution < 1.29 is 8.42 Å². The van der Waals surface area contributed by atoms with Crippen molar-refractivity contribution in [2.24, 2.45) is 0 Å². The van der Waals surface area contributed by atoms with E-state index in [1.54, 1.807) is 24.3 Å². The summed E-state index contributed by atoms with van der Waals surface area (Å²) in [5.74, 6) is 1.47. The Balaban J connectivity index is 1.30. The van der Waals surface area contributed by atoms with Crippen LogP contribution >= 0.6 is 0 Å². The number of nitrogens with one attached hydrogen (secondary N) is 2. The SMILES string of the molecule is Cc1cc(Nc2ccc(NS(=O)(=O)c3ccc4ccccc4c3)cc2)nc(N2CCCCC2)n1. The van der Waals surface area contributed by atoms with Crippen molar-refractivity contribution in [3.8, 4) is 0 Å². The minimum atomic E-state index is -3.70. The largest absolute Gasteiger partial charge is 0.341 e. The number of aromatic nitrogens is 2. The third-order valence-electron chi connectivity index (χ3n) is 5.92. The van der Waals surface area contributed by atoms with Crippen LogP contribution in [0.15, 0.2) is 77.7 Å². The fourth-order valence-electron chi connectivity index (χ4n) is 4.17. The van der Waals surface area contributed by atoms with Crippen molar-refractivity contribution in [2.75, 3.05) is 28.0 Å². The second-order valence-corrected chi connectivity index (χ2v) is 10.2. The quantitative estimate of drug-likeness (QED) is 0.386. The van der Waals surface area contributed by atoms with Crippen LogP contribution in [-0.2, 0) is 10.0 Å². The van der Waals surface area contributed by atoms with E-state index in [0.29, 0.717) is 5.69 Å². The Bertz CT molecular complexity index is 1420. The van der Waals surface area contributed by atoms with Crippen LogP contribution in [0.5, 0.6) is 0 Å². The maximum atomic E-state index is 12.9. The average Bonchev–Trinajstić information content (AvgIpc) is 2.85. The summed E-state index contributed by atoms with van der Waals surface area (Å²) in [6.07, 6.45) is 3.58. The molecule has 0 amide bonds. The van der Waals surface area contributed by atoms with Gasteiger partial charge < -0.3 is 10.2 Å². The zero-order chi connectivity index (χ0) is 23.5. The standard InChI is InChI=1S/C26H27N5O2S/c1-19-17-25(29-26(27-19)31-15-5-2-6-16-31)28-22-10-12-23(13-11-22)30-34(32,33)24-14-9-20-7-3-4-8-21(20)18-24/h3-4,7-14,17-18,30H,2,5-6,15-16H2,1H3,(H,27,28,29). The molecule has 1 aliphatic rings. The van der Waals surface area contributed by atoms with Gasteiger partial charge in [-0.05, 0) is 73.4 Å². The molecule has 2 N–H and O–H groups in total. The number of hydrogen-bond acceptors (Lipinski definition) is 6. The Morgan fingerprint density at radius 1 is 0.794 bits per heavy atom. The lowest BCUT2D eigenvalue weighted by atomic mass is 10.1. The van der Waals surface area contributed by atoms with Crippen molar-refractivity contribution in [3.05, 3.63) is 78.5 Å². The van der Waals surface area contributed by atoms with Crippen molar-refractivity contribution in [2.45, 2.75) is 31.1 Å². The summed E-state index contributed by atoms with van der Waals surface area (Å²) >= 11 is 0. The van der Waals surface area contributed by atoms with Crippen molar-refractivity contribution in [3.63, 3.8) is 0 Å². The fraction of sp³-hybridized carbons (Fsp3) is 0.231. The molecule has 5 rings (SSSR count). The van der Waals surface area contributed by atoms with Gasteiger partial charge in [-0.3, -0.25) is 4.72 Å². The number of benzene rings is 3. The molecular weight excluding hydrogens is 446 g/mol. The molecule has 0 radical (unpaired) electrons. The minimum absolute atomic E-state index is 0.232. The van der Waals surface area contributed by atoms with Crippen LogP contribution in [0.2, 0.25) is 0 Å². The van der Waals surface area contributed by atoms with Crippen LogP contribution in [0.1, 0.15) is 25.0 Å². The van der Waals surface area contributed by atoms with E-state index in [-0.39, 0.29) is 4.90 Å². The van der Waals surface area contributed by atoms with Crippen LogP contribution in [0.3, 0.4) is 0 Å². The molecule has 34 heavy (non-hydrogen) atoms. The molecule has 0 bridgehead atoms. The van der Waals surface area contributed by atoms with Gasteiger partial charge in [-0.2, -0.15) is 4.98 Å². The van der Waals surface area contributed by atoms with Gasteiger partial charge in [0.05, 0.1) is 4.90 Å². The summed E-state index contributed by atoms with van der Waals surface area (Å²) in [6.45, 7) is 3.93. The Morgan fingerprint density at radius 2 is 1.50 bits per heavy atom. The lowest BCUT2D eigenvalue weighted by Gasteiger charge is -2.27. The molecule has 1 aliphatic heterocycles. The van der Waals surface area contributed by atoms with Crippen molar-refractivity contribution >= 4 is 43.9 Å². The molecule has 1 aromatic heterocycles. The molecule has 7 nitrogen and oxygen atoms in total. The second kappa shape index (κ2) is 9.30. The van der Waals surface area contributed by atoms with Crippen LogP contribution in [0.4, 0.5) is 23.1 Å². The van der Waals surface area contributed by atoms with E-state index in [0.717, 1.165) is 59.9 Å². The monoisotopic (exact) mass is 473 g/mol. The number of sulfonamides is 1. The fourth-order valence-corrected chi connectivity index (χ4v) is 5.26. The van der Waals surface area contributed by atoms with Gasteiger partial charge in [0.2, 0.25) is 5.95 Å². The molecule has 2 heterocycles. The minimum Gasteiger partial charge on any atom is -0.341 e. The van der Waals surface area contributed by atoms with Gasteiger partial charge in [0, 0.05) is 36.2 Å². The summed E-state index contributed by atoms with van der Waals surface area (Å²) in [5, 5.41) is 5.19. The molecule has 174 valence electrons. The Hall–Kier alpha value is -3.65. The van der Waals surface area contributed by atoms with Crippen LogP contribution < -0.4 is 14.9 Å². The smallest absolute Gasteiger partial charge is 0.261 e. The maximum Gasteiger partial charge on any atom is 0.261 e. The first kappa shape index (κ1) is 22.2. The number of anilines is 4. The Kier molecular flexibility index (Phi) is 6.06. The molecular formula is C26H27N5O2S. The van der Waals surface area contributed by atoms with Gasteiger partial charge in [0.25, 0.3) is 10.0 Å². The molecule has 8 heteroatoms.